The summed E-state index contributed by atoms with van der Waals surface area (Å²) in [5.74, 6) is 4.19. The molecule has 0 fully saturated rings. The van der Waals surface area contributed by atoms with Crippen LogP contribution >= 0.6 is 23.2 Å². The van der Waals surface area contributed by atoms with Crippen LogP contribution in [0.1, 0.15) is 17.2 Å². The Balaban J connectivity index is 2.53. The Morgan fingerprint density at radius 3 is 2.42 bits per heavy atom. The fourth-order valence-electron chi connectivity index (χ4n) is 1.83. The highest BCUT2D eigenvalue weighted by molar-refractivity contribution is 6.31. The zero-order chi connectivity index (χ0) is 14.0. The van der Waals surface area contributed by atoms with Gasteiger partial charge in [0.2, 0.25) is 0 Å². The Morgan fingerprint density at radius 1 is 1.05 bits per heavy atom. The maximum Gasteiger partial charge on any atom is 0.146 e. The summed E-state index contributed by atoms with van der Waals surface area (Å²) in [5.41, 5.74) is 2.73. The first kappa shape index (κ1) is 14.2. The first-order valence-electron chi connectivity index (χ1n) is 5.39. The summed E-state index contributed by atoms with van der Waals surface area (Å²) >= 11 is 11.4. The lowest BCUT2D eigenvalue weighted by atomic mass is 9.98. The molecule has 2 nitrogen and oxygen atoms in total. The van der Waals surface area contributed by atoms with Crippen LogP contribution in [0.15, 0.2) is 36.4 Å². The summed E-state index contributed by atoms with van der Waals surface area (Å²) in [7, 11) is 0. The summed E-state index contributed by atoms with van der Waals surface area (Å²) in [6.07, 6.45) is 0. The fraction of sp³-hybridized carbons (Fsp3) is 0.0769. The van der Waals surface area contributed by atoms with Crippen molar-refractivity contribution in [3.8, 4) is 0 Å². The van der Waals surface area contributed by atoms with Gasteiger partial charge in [-0.05, 0) is 18.2 Å². The number of rotatable bonds is 3. The van der Waals surface area contributed by atoms with E-state index in [1.165, 1.54) is 24.3 Å². The van der Waals surface area contributed by atoms with Gasteiger partial charge in [-0.2, -0.15) is 0 Å². The van der Waals surface area contributed by atoms with Gasteiger partial charge in [-0.3, -0.25) is 5.84 Å². The van der Waals surface area contributed by atoms with Crippen LogP contribution in [-0.4, -0.2) is 0 Å². The predicted octanol–water partition coefficient (Wildman–Crippen LogP) is 3.82. The number of hydrogen-bond donors (Lipinski definition) is 2. The summed E-state index contributed by atoms with van der Waals surface area (Å²) in [6, 6.07) is 7.71. The van der Waals surface area contributed by atoms with E-state index < -0.39 is 17.7 Å². The molecule has 0 spiro atoms. The van der Waals surface area contributed by atoms with E-state index in [-0.39, 0.29) is 21.2 Å². The highest BCUT2D eigenvalue weighted by Crippen LogP contribution is 2.30. The number of hydrogen-bond acceptors (Lipinski definition) is 2. The SMILES string of the molecule is NNC(c1ccc(Cl)cc1F)c1cccc(Cl)c1F. The van der Waals surface area contributed by atoms with Crippen LogP contribution in [0, 0.1) is 11.6 Å². The molecule has 2 aromatic carbocycles. The van der Waals surface area contributed by atoms with Crippen molar-refractivity contribution in [3.05, 3.63) is 69.2 Å². The lowest BCUT2D eigenvalue weighted by molar-refractivity contribution is 0.531. The quantitative estimate of drug-likeness (QED) is 0.668. The van der Waals surface area contributed by atoms with Crippen molar-refractivity contribution in [3.63, 3.8) is 0 Å². The molecule has 19 heavy (non-hydrogen) atoms. The maximum absolute atomic E-state index is 14.0. The monoisotopic (exact) mass is 302 g/mol. The van der Waals surface area contributed by atoms with Gasteiger partial charge in [-0.25, -0.2) is 14.2 Å². The fourth-order valence-corrected chi connectivity index (χ4v) is 2.17. The summed E-state index contributed by atoms with van der Waals surface area (Å²) in [5, 5.41) is 0.204. The van der Waals surface area contributed by atoms with Gasteiger partial charge in [0.05, 0.1) is 11.1 Å². The molecule has 0 aliphatic carbocycles. The van der Waals surface area contributed by atoms with Crippen molar-refractivity contribution in [1.29, 1.82) is 0 Å². The van der Waals surface area contributed by atoms with Gasteiger partial charge in [-0.1, -0.05) is 41.4 Å². The van der Waals surface area contributed by atoms with Gasteiger partial charge >= 0.3 is 0 Å². The molecule has 0 amide bonds. The summed E-state index contributed by atoms with van der Waals surface area (Å²) in [6.45, 7) is 0. The summed E-state index contributed by atoms with van der Waals surface area (Å²) in [4.78, 5) is 0. The third-order valence-electron chi connectivity index (χ3n) is 2.73. The Bertz CT molecular complexity index is 605. The standard InChI is InChI=1S/C13H10Cl2F2N2/c14-7-4-5-8(11(16)6-7)13(19-18)9-2-1-3-10(15)12(9)17/h1-6,13,19H,18H2. The highest BCUT2D eigenvalue weighted by Gasteiger charge is 2.21. The lowest BCUT2D eigenvalue weighted by Crippen LogP contribution is -2.30. The second-order valence-corrected chi connectivity index (χ2v) is 4.75. The first-order valence-corrected chi connectivity index (χ1v) is 6.15. The van der Waals surface area contributed by atoms with Crippen molar-refractivity contribution in [2.24, 2.45) is 5.84 Å². The minimum atomic E-state index is -0.851. The molecule has 0 aliphatic rings. The van der Waals surface area contributed by atoms with Crippen LogP contribution in [0.3, 0.4) is 0 Å². The van der Waals surface area contributed by atoms with E-state index in [2.05, 4.69) is 5.43 Å². The van der Waals surface area contributed by atoms with Crippen molar-refractivity contribution >= 4 is 23.2 Å². The Morgan fingerprint density at radius 2 is 1.79 bits per heavy atom. The minimum Gasteiger partial charge on any atom is -0.271 e. The lowest BCUT2D eigenvalue weighted by Gasteiger charge is -2.18. The smallest absolute Gasteiger partial charge is 0.146 e. The van der Waals surface area contributed by atoms with E-state index in [1.807, 2.05) is 0 Å². The van der Waals surface area contributed by atoms with Crippen LogP contribution in [0.2, 0.25) is 10.0 Å². The second-order valence-electron chi connectivity index (χ2n) is 3.91. The van der Waals surface area contributed by atoms with Crippen molar-refractivity contribution in [2.75, 3.05) is 0 Å². The molecule has 0 radical (unpaired) electrons. The molecule has 0 aliphatic heterocycles. The Kier molecular flexibility index (Phi) is 4.37. The molecule has 1 atom stereocenters. The molecular weight excluding hydrogens is 293 g/mol. The molecule has 6 heteroatoms. The normalized spacial score (nSPS) is 12.5. The molecule has 0 heterocycles. The van der Waals surface area contributed by atoms with Crippen LogP contribution in [0.5, 0.6) is 0 Å². The molecule has 0 aromatic heterocycles. The molecule has 3 N–H and O–H groups in total. The molecule has 2 rings (SSSR count). The van der Waals surface area contributed by atoms with Crippen LogP contribution < -0.4 is 11.3 Å². The van der Waals surface area contributed by atoms with Crippen molar-refractivity contribution < 1.29 is 8.78 Å². The van der Waals surface area contributed by atoms with Crippen molar-refractivity contribution in [2.45, 2.75) is 6.04 Å². The third-order valence-corrected chi connectivity index (χ3v) is 3.26. The minimum absolute atomic E-state index is 0.0490. The number of nitrogens with one attached hydrogen (secondary N) is 1. The van der Waals surface area contributed by atoms with E-state index in [0.717, 1.165) is 6.07 Å². The number of halogens is 4. The number of benzene rings is 2. The van der Waals surface area contributed by atoms with Gasteiger partial charge in [-0.15, -0.1) is 0 Å². The average molecular weight is 303 g/mol. The predicted molar refractivity (Wildman–Crippen MR) is 72.0 cm³/mol. The number of nitrogens with two attached hydrogens (primary N) is 1. The third kappa shape index (κ3) is 2.87. The van der Waals surface area contributed by atoms with E-state index >= 15 is 0 Å². The van der Waals surface area contributed by atoms with E-state index in [1.54, 1.807) is 6.07 Å². The molecule has 1 unspecified atom stereocenters. The van der Waals surface area contributed by atoms with E-state index in [0.29, 0.717) is 0 Å². The van der Waals surface area contributed by atoms with Gasteiger partial charge in [0.15, 0.2) is 0 Å². The van der Waals surface area contributed by atoms with Crippen molar-refractivity contribution in [1.82, 2.24) is 5.43 Å². The molecule has 0 saturated heterocycles. The zero-order valence-electron chi connectivity index (χ0n) is 9.63. The van der Waals surface area contributed by atoms with Crippen LogP contribution in [-0.2, 0) is 0 Å². The largest absolute Gasteiger partial charge is 0.271 e. The van der Waals surface area contributed by atoms with Crippen LogP contribution in [0.25, 0.3) is 0 Å². The van der Waals surface area contributed by atoms with Crippen LogP contribution in [0.4, 0.5) is 8.78 Å². The Hall–Kier alpha value is -1.20. The first-order chi connectivity index (χ1) is 9.04. The molecule has 2 aromatic rings. The second kappa shape index (κ2) is 5.84. The Labute approximate surface area is 119 Å². The van der Waals surface area contributed by atoms with E-state index in [9.17, 15) is 8.78 Å². The molecule has 100 valence electrons. The van der Waals surface area contributed by atoms with Gasteiger partial charge in [0.25, 0.3) is 0 Å². The van der Waals surface area contributed by atoms with Gasteiger partial charge in [0.1, 0.15) is 11.6 Å². The van der Waals surface area contributed by atoms with E-state index in [4.69, 9.17) is 29.0 Å². The summed E-state index contributed by atoms with van der Waals surface area (Å²) < 4.78 is 27.8. The molecule has 0 saturated carbocycles. The highest BCUT2D eigenvalue weighted by atomic mass is 35.5. The molecular formula is C13H10Cl2F2N2. The zero-order valence-corrected chi connectivity index (χ0v) is 11.1. The molecule has 0 bridgehead atoms. The topological polar surface area (TPSA) is 38.0 Å². The van der Waals surface area contributed by atoms with Gasteiger partial charge in [0, 0.05) is 16.1 Å². The van der Waals surface area contributed by atoms with Gasteiger partial charge < -0.3 is 0 Å². The maximum atomic E-state index is 14.0. The number of hydrazine groups is 1. The average Bonchev–Trinajstić information content (AvgIpc) is 2.37.